The van der Waals surface area contributed by atoms with E-state index < -0.39 is 4.92 Å². The summed E-state index contributed by atoms with van der Waals surface area (Å²) in [4.78, 5) is 34.8. The third-order valence-corrected chi connectivity index (χ3v) is 4.60. The van der Waals surface area contributed by atoms with Crippen molar-refractivity contribution >= 4 is 40.6 Å². The number of carbonyl (C=O) groups excluding carboxylic acids is 2. The molecule has 2 aromatic rings. The van der Waals surface area contributed by atoms with E-state index in [2.05, 4.69) is 10.6 Å². The quantitative estimate of drug-likeness (QED) is 0.376. The summed E-state index contributed by atoms with van der Waals surface area (Å²) in [7, 11) is 0. The van der Waals surface area contributed by atoms with Crippen molar-refractivity contribution in [2.75, 3.05) is 16.4 Å². The Balaban J connectivity index is 1.84. The number of nitrogens with one attached hydrogen (secondary N) is 2. The first-order chi connectivity index (χ1) is 13.0. The van der Waals surface area contributed by atoms with Gasteiger partial charge in [-0.3, -0.25) is 19.7 Å². The topological polar surface area (TPSA) is 101 Å². The van der Waals surface area contributed by atoms with Crippen LogP contribution >= 0.6 is 11.8 Å². The van der Waals surface area contributed by atoms with Crippen molar-refractivity contribution in [3.8, 4) is 0 Å². The van der Waals surface area contributed by atoms with Crippen LogP contribution in [0, 0.1) is 10.1 Å². The average Bonchev–Trinajstić information content (AvgIpc) is 2.65. The minimum absolute atomic E-state index is 0.0186. The van der Waals surface area contributed by atoms with E-state index in [0.29, 0.717) is 17.8 Å². The molecule has 2 N–H and O–H groups in total. The molecule has 142 valence electrons. The largest absolute Gasteiger partial charge is 0.326 e. The second kappa shape index (κ2) is 10.3. The number of unbranched alkanes of at least 4 members (excludes halogenated alkanes) is 1. The average molecular weight is 387 g/mol. The first-order valence-corrected chi connectivity index (χ1v) is 9.53. The highest BCUT2D eigenvalue weighted by atomic mass is 32.2. The molecule has 2 rings (SSSR count). The van der Waals surface area contributed by atoms with Gasteiger partial charge < -0.3 is 10.6 Å². The summed E-state index contributed by atoms with van der Waals surface area (Å²) in [5.41, 5.74) is 1.18. The van der Waals surface area contributed by atoms with Crippen LogP contribution in [0.3, 0.4) is 0 Å². The van der Waals surface area contributed by atoms with Crippen molar-refractivity contribution < 1.29 is 14.5 Å². The molecule has 0 unspecified atom stereocenters. The predicted molar refractivity (Wildman–Crippen MR) is 107 cm³/mol. The molecular weight excluding hydrogens is 366 g/mol. The van der Waals surface area contributed by atoms with Gasteiger partial charge in [0.05, 0.1) is 10.7 Å². The van der Waals surface area contributed by atoms with Gasteiger partial charge in [0.25, 0.3) is 5.69 Å². The monoisotopic (exact) mass is 387 g/mol. The van der Waals surface area contributed by atoms with Crippen LogP contribution in [0.2, 0.25) is 0 Å². The fourth-order valence-corrected chi connectivity index (χ4v) is 2.99. The lowest BCUT2D eigenvalue weighted by Gasteiger charge is -2.08. The Bertz CT molecular complexity index is 809. The zero-order valence-electron chi connectivity index (χ0n) is 14.9. The minimum atomic E-state index is -0.491. The van der Waals surface area contributed by atoms with Crippen molar-refractivity contribution in [3.05, 3.63) is 58.6 Å². The summed E-state index contributed by atoms with van der Waals surface area (Å²) in [6, 6.07) is 13.0. The number of thioether (sulfide) groups is 1. The Morgan fingerprint density at radius 3 is 2.41 bits per heavy atom. The highest BCUT2D eigenvalue weighted by Gasteiger charge is 2.08. The molecule has 8 heteroatoms. The Hall–Kier alpha value is -2.87. The number of anilines is 2. The van der Waals surface area contributed by atoms with Crippen LogP contribution in [0.5, 0.6) is 0 Å². The van der Waals surface area contributed by atoms with E-state index in [1.165, 1.54) is 36.0 Å². The van der Waals surface area contributed by atoms with Crippen LogP contribution in [0.15, 0.2) is 53.4 Å². The molecule has 0 heterocycles. The number of nitro benzene ring substituents is 1. The number of rotatable bonds is 9. The molecule has 0 aliphatic carbocycles. The van der Waals surface area contributed by atoms with Gasteiger partial charge >= 0.3 is 0 Å². The number of nitrogens with zero attached hydrogens (tertiary/aromatic N) is 1. The van der Waals surface area contributed by atoms with Gasteiger partial charge in [-0.1, -0.05) is 19.4 Å². The molecule has 0 radical (unpaired) electrons. The minimum Gasteiger partial charge on any atom is -0.326 e. The van der Waals surface area contributed by atoms with Crippen LogP contribution in [0.25, 0.3) is 0 Å². The van der Waals surface area contributed by atoms with Gasteiger partial charge in [-0.25, -0.2) is 0 Å². The molecule has 27 heavy (non-hydrogen) atoms. The number of hydrogen-bond acceptors (Lipinski definition) is 5. The lowest BCUT2D eigenvalue weighted by molar-refractivity contribution is -0.384. The van der Waals surface area contributed by atoms with Gasteiger partial charge in [0.15, 0.2) is 0 Å². The summed E-state index contributed by atoms with van der Waals surface area (Å²) < 4.78 is 0. The Kier molecular flexibility index (Phi) is 7.81. The van der Waals surface area contributed by atoms with Crippen LogP contribution in [-0.4, -0.2) is 22.5 Å². The van der Waals surface area contributed by atoms with Crippen LogP contribution in [0.4, 0.5) is 17.1 Å². The van der Waals surface area contributed by atoms with E-state index in [1.54, 1.807) is 0 Å². The predicted octanol–water partition coefficient (Wildman–Crippen LogP) is 4.45. The Morgan fingerprint density at radius 2 is 1.74 bits per heavy atom. The fraction of sp³-hybridized carbons (Fsp3) is 0.263. The molecule has 0 aromatic heterocycles. The lowest BCUT2D eigenvalue weighted by Crippen LogP contribution is -2.14. The molecule has 0 spiro atoms. The van der Waals surface area contributed by atoms with Gasteiger partial charge in [0.1, 0.15) is 0 Å². The first-order valence-electron chi connectivity index (χ1n) is 8.55. The normalized spacial score (nSPS) is 10.3. The van der Waals surface area contributed by atoms with Gasteiger partial charge in [-0.05, 0) is 36.8 Å². The fourth-order valence-electron chi connectivity index (χ4n) is 2.24. The van der Waals surface area contributed by atoms with Gasteiger partial charge in [-0.2, -0.15) is 0 Å². The van der Waals surface area contributed by atoms with E-state index >= 15 is 0 Å². The highest BCUT2D eigenvalue weighted by Crippen LogP contribution is 2.22. The van der Waals surface area contributed by atoms with E-state index in [4.69, 9.17) is 0 Å². The number of hydrogen-bond donors (Lipinski definition) is 2. The Morgan fingerprint density at radius 1 is 1.04 bits per heavy atom. The Labute approximate surface area is 161 Å². The molecular formula is C19H21N3O4S. The third-order valence-electron chi connectivity index (χ3n) is 3.61. The molecule has 7 nitrogen and oxygen atoms in total. The van der Waals surface area contributed by atoms with Crippen molar-refractivity contribution in [2.24, 2.45) is 0 Å². The van der Waals surface area contributed by atoms with Gasteiger partial charge in [-0.15, -0.1) is 11.8 Å². The maximum atomic E-state index is 12.0. The number of carbonyl (C=O) groups is 2. The number of amides is 2. The molecule has 0 aliphatic heterocycles. The summed E-state index contributed by atoms with van der Waals surface area (Å²) >= 11 is 1.34. The van der Waals surface area contributed by atoms with Crippen LogP contribution < -0.4 is 10.6 Å². The second-order valence-corrected chi connectivity index (χ2v) is 6.87. The first kappa shape index (κ1) is 20.4. The summed E-state index contributed by atoms with van der Waals surface area (Å²) in [5, 5.41) is 16.2. The van der Waals surface area contributed by atoms with Gasteiger partial charge in [0.2, 0.25) is 11.8 Å². The zero-order valence-corrected chi connectivity index (χ0v) is 15.8. The second-order valence-electron chi connectivity index (χ2n) is 5.82. The summed E-state index contributed by atoms with van der Waals surface area (Å²) in [6.07, 6.45) is 2.31. The van der Waals surface area contributed by atoms with Crippen molar-refractivity contribution in [3.63, 3.8) is 0 Å². The molecule has 0 fully saturated rings. The van der Waals surface area contributed by atoms with Crippen LogP contribution in [-0.2, 0) is 9.59 Å². The number of non-ortho nitro benzene ring substituents is 1. The lowest BCUT2D eigenvalue weighted by atomic mass is 10.2. The smallest absolute Gasteiger partial charge is 0.269 e. The maximum Gasteiger partial charge on any atom is 0.269 e. The zero-order chi connectivity index (χ0) is 19.6. The molecule has 2 aromatic carbocycles. The van der Waals surface area contributed by atoms with E-state index in [-0.39, 0.29) is 23.3 Å². The molecule has 0 saturated carbocycles. The van der Waals surface area contributed by atoms with E-state index in [0.717, 1.165) is 17.7 Å². The maximum absolute atomic E-state index is 12.0. The molecule has 0 saturated heterocycles. The van der Waals surface area contributed by atoms with E-state index in [9.17, 15) is 19.7 Å². The SMILES string of the molecule is CCCCC(=O)Nc1cccc(SCC(=O)Nc2ccc([N+](=O)[O-])cc2)c1. The standard InChI is InChI=1S/C19H21N3O4S/c1-2-3-7-18(23)21-15-5-4-6-17(12-15)27-13-19(24)20-14-8-10-16(11-9-14)22(25)26/h4-6,8-12H,2-3,7,13H2,1H3,(H,20,24)(H,21,23). The van der Waals surface area contributed by atoms with Crippen LogP contribution in [0.1, 0.15) is 26.2 Å². The number of nitro groups is 1. The summed E-state index contributed by atoms with van der Waals surface area (Å²) in [5.74, 6) is -0.0503. The molecule has 2 amide bonds. The summed E-state index contributed by atoms with van der Waals surface area (Å²) in [6.45, 7) is 2.03. The van der Waals surface area contributed by atoms with Gasteiger partial charge in [0, 0.05) is 34.8 Å². The molecule has 0 atom stereocenters. The molecule has 0 bridgehead atoms. The third kappa shape index (κ3) is 7.10. The molecule has 0 aliphatic rings. The van der Waals surface area contributed by atoms with Crippen molar-refractivity contribution in [2.45, 2.75) is 31.1 Å². The highest BCUT2D eigenvalue weighted by molar-refractivity contribution is 8.00. The van der Waals surface area contributed by atoms with Crippen molar-refractivity contribution in [1.29, 1.82) is 0 Å². The van der Waals surface area contributed by atoms with E-state index in [1.807, 2.05) is 31.2 Å². The number of benzene rings is 2. The van der Waals surface area contributed by atoms with Crippen molar-refractivity contribution in [1.82, 2.24) is 0 Å².